The van der Waals surface area contributed by atoms with Crippen molar-refractivity contribution < 1.29 is 9.53 Å². The molecule has 0 aromatic heterocycles. The number of carbonyl (C=O) groups is 1. The minimum absolute atomic E-state index is 0.223. The van der Waals surface area contributed by atoms with Gasteiger partial charge < -0.3 is 4.74 Å². The van der Waals surface area contributed by atoms with Crippen LogP contribution in [0.3, 0.4) is 0 Å². The third kappa shape index (κ3) is 26.1. The Hall–Kier alpha value is -0.790. The van der Waals surface area contributed by atoms with Gasteiger partial charge in [-0.05, 0) is 49.4 Å². The van der Waals surface area contributed by atoms with Gasteiger partial charge in [0, 0.05) is 5.57 Å². The molecule has 0 radical (unpaired) electrons. The monoisotopic (exact) mass is 563 g/mol. The molecule has 0 aliphatic rings. The smallest absolute Gasteiger partial charge is 0.333 e. The number of unbranched alkanes of at least 4 members (excludes halogenated alkanes) is 9. The van der Waals surface area contributed by atoms with Gasteiger partial charge in [0.2, 0.25) is 0 Å². The maximum Gasteiger partial charge on any atom is 0.333 e. The van der Waals surface area contributed by atoms with Gasteiger partial charge >= 0.3 is 5.97 Å². The Morgan fingerprint density at radius 1 is 0.550 bits per heavy atom. The SMILES string of the molecule is C=C(C)C(=O)OCC(CCCCC(C)CCCCCCC(C)C)CCC(C)CCCCC(C)CCCCCCC. The molecular formula is C38H74O2. The number of carbonyl (C=O) groups excluding carboxylic acids is 1. The fraction of sp³-hybridized carbons (Fsp3) is 0.921. The van der Waals surface area contributed by atoms with Gasteiger partial charge in [-0.2, -0.15) is 0 Å². The number of esters is 1. The van der Waals surface area contributed by atoms with Crippen LogP contribution in [0.5, 0.6) is 0 Å². The zero-order valence-corrected chi connectivity index (χ0v) is 28.7. The van der Waals surface area contributed by atoms with E-state index < -0.39 is 0 Å². The largest absolute Gasteiger partial charge is 0.462 e. The highest BCUT2D eigenvalue weighted by Gasteiger charge is 2.15. The van der Waals surface area contributed by atoms with E-state index in [1.54, 1.807) is 6.92 Å². The van der Waals surface area contributed by atoms with E-state index in [0.717, 1.165) is 23.7 Å². The first-order chi connectivity index (χ1) is 19.1. The fourth-order valence-corrected chi connectivity index (χ4v) is 5.99. The molecule has 0 bridgehead atoms. The van der Waals surface area contributed by atoms with Crippen molar-refractivity contribution in [3.63, 3.8) is 0 Å². The highest BCUT2D eigenvalue weighted by molar-refractivity contribution is 5.86. The summed E-state index contributed by atoms with van der Waals surface area (Å²) in [4.78, 5) is 12.0. The summed E-state index contributed by atoms with van der Waals surface area (Å²) >= 11 is 0. The third-order valence-electron chi connectivity index (χ3n) is 9.10. The van der Waals surface area contributed by atoms with Crippen LogP contribution in [-0.2, 0) is 9.53 Å². The van der Waals surface area contributed by atoms with E-state index in [0.29, 0.717) is 18.1 Å². The van der Waals surface area contributed by atoms with Gasteiger partial charge in [-0.1, -0.05) is 177 Å². The Kier molecular flexibility index (Phi) is 26.5. The predicted octanol–water partition coefficient (Wildman–Crippen LogP) is 12.9. The average Bonchev–Trinajstić information content (AvgIpc) is 2.91. The molecule has 0 saturated carbocycles. The maximum absolute atomic E-state index is 12.0. The van der Waals surface area contributed by atoms with Gasteiger partial charge in [0.05, 0.1) is 6.61 Å². The van der Waals surface area contributed by atoms with Crippen molar-refractivity contribution in [2.24, 2.45) is 29.6 Å². The standard InChI is InChI=1S/C38H74O2/c1-9-10-11-12-16-23-34(6)25-18-19-27-36(8)29-30-37(31-40-38(39)33(4)5)28-21-20-26-35(7)24-17-14-13-15-22-32(2)3/h32,34-37H,4,9-31H2,1-3,5-8H3. The molecule has 0 spiro atoms. The van der Waals surface area contributed by atoms with Crippen LogP contribution in [0.25, 0.3) is 0 Å². The van der Waals surface area contributed by atoms with Crippen molar-refractivity contribution in [1.29, 1.82) is 0 Å². The Labute approximate surface area is 253 Å². The average molecular weight is 563 g/mol. The molecular weight excluding hydrogens is 488 g/mol. The topological polar surface area (TPSA) is 26.3 Å². The second kappa shape index (κ2) is 27.1. The van der Waals surface area contributed by atoms with Crippen LogP contribution in [0.15, 0.2) is 12.2 Å². The van der Waals surface area contributed by atoms with Crippen LogP contribution in [0.2, 0.25) is 0 Å². The molecule has 2 nitrogen and oxygen atoms in total. The molecule has 40 heavy (non-hydrogen) atoms. The Morgan fingerprint density at radius 3 is 1.40 bits per heavy atom. The lowest BCUT2D eigenvalue weighted by Crippen LogP contribution is -2.16. The lowest BCUT2D eigenvalue weighted by molar-refractivity contribution is -0.140. The van der Waals surface area contributed by atoms with Crippen molar-refractivity contribution in [1.82, 2.24) is 0 Å². The molecule has 0 heterocycles. The highest BCUT2D eigenvalue weighted by Crippen LogP contribution is 2.25. The van der Waals surface area contributed by atoms with Gasteiger partial charge in [0.25, 0.3) is 0 Å². The molecule has 0 amide bonds. The number of ether oxygens (including phenoxy) is 1. The number of hydrogen-bond donors (Lipinski definition) is 0. The fourth-order valence-electron chi connectivity index (χ4n) is 5.99. The summed E-state index contributed by atoms with van der Waals surface area (Å²) in [6.07, 6.45) is 29.9. The van der Waals surface area contributed by atoms with E-state index in [1.807, 2.05) is 0 Å². The number of rotatable bonds is 29. The maximum atomic E-state index is 12.0. The van der Waals surface area contributed by atoms with Crippen molar-refractivity contribution in [3.05, 3.63) is 12.2 Å². The zero-order chi connectivity index (χ0) is 30.0. The first-order valence-electron chi connectivity index (χ1n) is 18.0. The quantitative estimate of drug-likeness (QED) is 0.0515. The Bertz CT molecular complexity index is 580. The van der Waals surface area contributed by atoms with Crippen LogP contribution in [0, 0.1) is 29.6 Å². The van der Waals surface area contributed by atoms with Gasteiger partial charge in [0.15, 0.2) is 0 Å². The second-order valence-electron chi connectivity index (χ2n) is 14.3. The van der Waals surface area contributed by atoms with Crippen LogP contribution in [0.4, 0.5) is 0 Å². The summed E-state index contributed by atoms with van der Waals surface area (Å²) in [6, 6.07) is 0. The molecule has 0 aliphatic carbocycles. The highest BCUT2D eigenvalue weighted by atomic mass is 16.5. The normalized spacial score (nSPS) is 14.7. The molecule has 0 saturated heterocycles. The molecule has 0 aromatic rings. The Balaban J connectivity index is 4.17. The van der Waals surface area contributed by atoms with Crippen molar-refractivity contribution in [2.75, 3.05) is 6.61 Å². The lowest BCUT2D eigenvalue weighted by atomic mass is 9.89. The van der Waals surface area contributed by atoms with Crippen molar-refractivity contribution in [3.8, 4) is 0 Å². The first kappa shape index (κ1) is 39.2. The molecule has 0 aliphatic heterocycles. The zero-order valence-electron chi connectivity index (χ0n) is 28.7. The van der Waals surface area contributed by atoms with E-state index >= 15 is 0 Å². The summed E-state index contributed by atoms with van der Waals surface area (Å²) in [5, 5.41) is 0. The number of hydrogen-bond acceptors (Lipinski definition) is 2. The predicted molar refractivity (Wildman–Crippen MR) is 179 cm³/mol. The molecule has 0 fully saturated rings. The van der Waals surface area contributed by atoms with E-state index in [2.05, 4.69) is 48.1 Å². The van der Waals surface area contributed by atoms with Crippen molar-refractivity contribution in [2.45, 2.75) is 190 Å². The summed E-state index contributed by atoms with van der Waals surface area (Å²) in [5.74, 6) is 3.62. The Morgan fingerprint density at radius 2 is 0.950 bits per heavy atom. The molecule has 4 atom stereocenters. The van der Waals surface area contributed by atoms with Crippen molar-refractivity contribution >= 4 is 5.97 Å². The molecule has 2 heteroatoms. The van der Waals surface area contributed by atoms with Crippen LogP contribution >= 0.6 is 0 Å². The van der Waals surface area contributed by atoms with E-state index in [4.69, 9.17) is 4.74 Å². The van der Waals surface area contributed by atoms with Gasteiger partial charge in [-0.15, -0.1) is 0 Å². The molecule has 0 N–H and O–H groups in total. The van der Waals surface area contributed by atoms with Gasteiger partial charge in [-0.3, -0.25) is 0 Å². The third-order valence-corrected chi connectivity index (χ3v) is 9.10. The van der Waals surface area contributed by atoms with Crippen LogP contribution in [0.1, 0.15) is 190 Å². The van der Waals surface area contributed by atoms with Gasteiger partial charge in [0.1, 0.15) is 0 Å². The molecule has 0 aromatic carbocycles. The molecule has 238 valence electrons. The molecule has 4 unspecified atom stereocenters. The van der Waals surface area contributed by atoms with E-state index in [1.165, 1.54) is 141 Å². The second-order valence-corrected chi connectivity index (χ2v) is 14.3. The minimum Gasteiger partial charge on any atom is -0.462 e. The van der Waals surface area contributed by atoms with E-state index in [9.17, 15) is 4.79 Å². The van der Waals surface area contributed by atoms with Gasteiger partial charge in [-0.25, -0.2) is 4.79 Å². The minimum atomic E-state index is -0.223. The lowest BCUT2D eigenvalue weighted by Gasteiger charge is -2.20. The summed E-state index contributed by atoms with van der Waals surface area (Å²) in [6.45, 7) is 20.4. The first-order valence-corrected chi connectivity index (χ1v) is 18.0. The molecule has 0 rings (SSSR count). The summed E-state index contributed by atoms with van der Waals surface area (Å²) < 4.78 is 5.62. The summed E-state index contributed by atoms with van der Waals surface area (Å²) in [5.41, 5.74) is 0.514. The van der Waals surface area contributed by atoms with Crippen LogP contribution in [-0.4, -0.2) is 12.6 Å². The van der Waals surface area contributed by atoms with Crippen LogP contribution < -0.4 is 0 Å². The summed E-state index contributed by atoms with van der Waals surface area (Å²) in [7, 11) is 0. The van der Waals surface area contributed by atoms with E-state index in [-0.39, 0.29) is 5.97 Å².